The first-order valence-electron chi connectivity index (χ1n) is 2.01. The van der Waals surface area contributed by atoms with Crippen molar-refractivity contribution in [2.24, 2.45) is 0 Å². The predicted octanol–water partition coefficient (Wildman–Crippen LogP) is 3.10. The first kappa shape index (κ1) is 8.35. The molecule has 0 aromatic heterocycles. The summed E-state index contributed by atoms with van der Waals surface area (Å²) in [5.41, 5.74) is 0. The lowest BCUT2D eigenvalue weighted by atomic mass is 10.5. The second-order valence-corrected chi connectivity index (χ2v) is 2.36. The highest BCUT2D eigenvalue weighted by Gasteiger charge is 1.74. The van der Waals surface area contributed by atoms with Crippen LogP contribution in [0.3, 0.4) is 0 Å². The van der Waals surface area contributed by atoms with Gasteiger partial charge in [0.1, 0.15) is 4.49 Å². The fraction of sp³-hybridized carbons (Fsp3) is 0.200. The molecule has 0 fully saturated rings. The summed E-state index contributed by atoms with van der Waals surface area (Å²) in [4.78, 5) is 0. The quantitative estimate of drug-likeness (QED) is 0.442. The minimum atomic E-state index is 0.242. The molecular formula is C5H5Cl3. The van der Waals surface area contributed by atoms with E-state index in [4.69, 9.17) is 34.8 Å². The van der Waals surface area contributed by atoms with Crippen molar-refractivity contribution in [3.63, 3.8) is 0 Å². The fourth-order valence-corrected chi connectivity index (χ4v) is 0.441. The normalized spacial score (nSPS) is 9.88. The van der Waals surface area contributed by atoms with E-state index in [1.165, 1.54) is 0 Å². The van der Waals surface area contributed by atoms with Gasteiger partial charge in [-0.1, -0.05) is 35.4 Å². The number of hydrogen-bond donors (Lipinski definition) is 0. The van der Waals surface area contributed by atoms with Crippen LogP contribution >= 0.6 is 34.8 Å². The molecule has 0 saturated heterocycles. The molecule has 0 N–H and O–H groups in total. The van der Waals surface area contributed by atoms with Crippen molar-refractivity contribution in [3.8, 4) is 0 Å². The molecule has 0 aliphatic heterocycles. The molecule has 0 amide bonds. The lowest BCUT2D eigenvalue weighted by Crippen LogP contribution is -1.56. The summed E-state index contributed by atoms with van der Waals surface area (Å²) >= 11 is 15.8. The Kier molecular flexibility index (Phi) is 5.73. The zero-order chi connectivity index (χ0) is 6.41. The molecule has 0 aromatic rings. The Morgan fingerprint density at radius 2 is 2.00 bits per heavy atom. The van der Waals surface area contributed by atoms with Crippen molar-refractivity contribution in [2.45, 2.75) is 0 Å². The van der Waals surface area contributed by atoms with Gasteiger partial charge in [0.2, 0.25) is 0 Å². The molecule has 0 spiro atoms. The van der Waals surface area contributed by atoms with E-state index >= 15 is 0 Å². The summed E-state index contributed by atoms with van der Waals surface area (Å²) in [7, 11) is 0. The van der Waals surface area contributed by atoms with Gasteiger partial charge < -0.3 is 0 Å². The summed E-state index contributed by atoms with van der Waals surface area (Å²) < 4.78 is 0.242. The van der Waals surface area contributed by atoms with Crippen molar-refractivity contribution in [1.29, 1.82) is 0 Å². The molecule has 0 aromatic carbocycles. The Hall–Kier alpha value is 0.350. The number of alkyl halides is 1. The maximum absolute atomic E-state index is 5.28. The van der Waals surface area contributed by atoms with Crippen molar-refractivity contribution in [3.05, 3.63) is 22.7 Å². The molecule has 0 rings (SSSR count). The molecule has 3 heteroatoms. The summed E-state index contributed by atoms with van der Waals surface area (Å²) in [6.45, 7) is 0. The molecule has 0 bridgehead atoms. The first-order chi connectivity index (χ1) is 3.77. The van der Waals surface area contributed by atoms with Crippen LogP contribution in [0.25, 0.3) is 0 Å². The van der Waals surface area contributed by atoms with Gasteiger partial charge in [-0.05, 0) is 6.08 Å². The molecule has 0 aliphatic carbocycles. The minimum Gasteiger partial charge on any atom is -0.122 e. The highest BCUT2D eigenvalue weighted by Crippen LogP contribution is 2.05. The van der Waals surface area contributed by atoms with E-state index in [1.807, 2.05) is 0 Å². The van der Waals surface area contributed by atoms with Gasteiger partial charge in [-0.15, -0.1) is 11.6 Å². The average molecular weight is 171 g/mol. The van der Waals surface area contributed by atoms with Crippen LogP contribution in [-0.4, -0.2) is 5.88 Å². The zero-order valence-electron chi connectivity index (χ0n) is 4.07. The maximum atomic E-state index is 5.28. The lowest BCUT2D eigenvalue weighted by Gasteiger charge is -1.74. The molecule has 0 unspecified atom stereocenters. The second kappa shape index (κ2) is 5.49. The van der Waals surface area contributed by atoms with E-state index in [-0.39, 0.29) is 4.49 Å². The first-order valence-corrected chi connectivity index (χ1v) is 3.30. The van der Waals surface area contributed by atoms with E-state index in [9.17, 15) is 0 Å². The Bertz CT molecular complexity index is 100. The molecule has 0 saturated carbocycles. The lowest BCUT2D eigenvalue weighted by molar-refractivity contribution is 1.74. The van der Waals surface area contributed by atoms with Crippen LogP contribution in [0.1, 0.15) is 0 Å². The third-order valence-electron chi connectivity index (χ3n) is 0.447. The van der Waals surface area contributed by atoms with Crippen molar-refractivity contribution < 1.29 is 0 Å². The van der Waals surface area contributed by atoms with Gasteiger partial charge in [0.25, 0.3) is 0 Å². The average Bonchev–Trinajstić information content (AvgIpc) is 1.66. The van der Waals surface area contributed by atoms with Crippen LogP contribution < -0.4 is 0 Å². The molecular weight excluding hydrogens is 166 g/mol. The largest absolute Gasteiger partial charge is 0.122 e. The number of halogens is 3. The van der Waals surface area contributed by atoms with E-state index in [2.05, 4.69) is 0 Å². The van der Waals surface area contributed by atoms with Crippen molar-refractivity contribution >= 4 is 34.8 Å². The van der Waals surface area contributed by atoms with Gasteiger partial charge in [0.15, 0.2) is 0 Å². The Balaban J connectivity index is 3.42. The summed E-state index contributed by atoms with van der Waals surface area (Å²) in [6, 6.07) is 0. The molecule has 0 atom stereocenters. The molecule has 0 radical (unpaired) electrons. The molecule has 8 heavy (non-hydrogen) atoms. The van der Waals surface area contributed by atoms with E-state index in [0.29, 0.717) is 5.88 Å². The van der Waals surface area contributed by atoms with E-state index in [1.54, 1.807) is 18.2 Å². The SMILES string of the molecule is ClC/C=C/C=C(Cl)Cl. The van der Waals surface area contributed by atoms with Crippen LogP contribution in [0.5, 0.6) is 0 Å². The van der Waals surface area contributed by atoms with Crippen molar-refractivity contribution in [1.82, 2.24) is 0 Å². The molecule has 46 valence electrons. The van der Waals surface area contributed by atoms with E-state index < -0.39 is 0 Å². The zero-order valence-corrected chi connectivity index (χ0v) is 6.34. The van der Waals surface area contributed by atoms with Gasteiger partial charge in [-0.25, -0.2) is 0 Å². The van der Waals surface area contributed by atoms with E-state index in [0.717, 1.165) is 0 Å². The minimum absolute atomic E-state index is 0.242. The maximum Gasteiger partial charge on any atom is 0.106 e. The highest BCUT2D eigenvalue weighted by molar-refractivity contribution is 6.55. The monoisotopic (exact) mass is 170 g/mol. The van der Waals surface area contributed by atoms with Gasteiger partial charge >= 0.3 is 0 Å². The fourth-order valence-electron chi connectivity index (χ4n) is 0.192. The summed E-state index contributed by atoms with van der Waals surface area (Å²) in [5, 5.41) is 0. The third-order valence-corrected chi connectivity index (χ3v) is 0.878. The molecule has 0 heterocycles. The smallest absolute Gasteiger partial charge is 0.106 e. The summed E-state index contributed by atoms with van der Waals surface area (Å²) in [5.74, 6) is 0.484. The van der Waals surface area contributed by atoms with Gasteiger partial charge in [0, 0.05) is 5.88 Å². The Morgan fingerprint density at radius 3 is 2.38 bits per heavy atom. The standard InChI is InChI=1S/C5H5Cl3/c6-4-2-1-3-5(7)8/h1-3H,4H2/b2-1+. The van der Waals surface area contributed by atoms with Crippen LogP contribution in [-0.2, 0) is 0 Å². The van der Waals surface area contributed by atoms with Crippen molar-refractivity contribution in [2.75, 3.05) is 5.88 Å². The second-order valence-electron chi connectivity index (χ2n) is 1.04. The third kappa shape index (κ3) is 6.35. The molecule has 0 aliphatic rings. The highest BCUT2D eigenvalue weighted by atomic mass is 35.5. The predicted molar refractivity (Wildman–Crippen MR) is 39.6 cm³/mol. The number of allylic oxidation sites excluding steroid dienone is 3. The van der Waals surface area contributed by atoms with Gasteiger partial charge in [-0.2, -0.15) is 0 Å². The number of rotatable bonds is 2. The van der Waals surface area contributed by atoms with Crippen LogP contribution in [0, 0.1) is 0 Å². The number of hydrogen-bond acceptors (Lipinski definition) is 0. The Morgan fingerprint density at radius 1 is 1.38 bits per heavy atom. The molecule has 0 nitrogen and oxygen atoms in total. The summed E-state index contributed by atoms with van der Waals surface area (Å²) in [6.07, 6.45) is 5.00. The topological polar surface area (TPSA) is 0 Å². The van der Waals surface area contributed by atoms with Crippen LogP contribution in [0.2, 0.25) is 0 Å². The van der Waals surface area contributed by atoms with Crippen LogP contribution in [0.4, 0.5) is 0 Å². The van der Waals surface area contributed by atoms with Crippen LogP contribution in [0.15, 0.2) is 22.7 Å². The Labute approximate surface area is 63.7 Å². The van der Waals surface area contributed by atoms with Gasteiger partial charge in [-0.3, -0.25) is 0 Å². The van der Waals surface area contributed by atoms with Gasteiger partial charge in [0.05, 0.1) is 0 Å².